The first kappa shape index (κ1) is 19.3. The van der Waals surface area contributed by atoms with E-state index in [9.17, 15) is 0 Å². The molecule has 156 valence electrons. The Labute approximate surface area is 181 Å². The summed E-state index contributed by atoms with van der Waals surface area (Å²) in [5.41, 5.74) is 6.79. The molecule has 0 atom stereocenters. The smallest absolute Gasteiger partial charge is 0.240 e. The Balaban J connectivity index is 1.53. The Hall–Kier alpha value is -3.67. The first-order valence-electron chi connectivity index (χ1n) is 10.7. The third-order valence-corrected chi connectivity index (χ3v) is 5.69. The second kappa shape index (κ2) is 7.87. The lowest BCUT2D eigenvalue weighted by molar-refractivity contribution is -0.766. The minimum atomic E-state index is 0.686. The highest BCUT2D eigenvalue weighted by molar-refractivity contribution is 5.79. The predicted molar refractivity (Wildman–Crippen MR) is 121 cm³/mol. The minimum absolute atomic E-state index is 0.686. The lowest BCUT2D eigenvalue weighted by atomic mass is 10.1. The van der Waals surface area contributed by atoms with Crippen molar-refractivity contribution in [3.8, 4) is 5.82 Å². The molecular weight excluding hydrogens is 384 g/mol. The zero-order chi connectivity index (χ0) is 21.4. The summed E-state index contributed by atoms with van der Waals surface area (Å²) >= 11 is 0. The van der Waals surface area contributed by atoms with E-state index in [1.54, 1.807) is 0 Å². The number of aromatic nitrogens is 6. The lowest BCUT2D eigenvalue weighted by Gasteiger charge is -2.05. The number of nitrogens with zero attached hydrogens (tertiary/aromatic N) is 5. The maximum absolute atomic E-state index is 4.99. The van der Waals surface area contributed by atoms with Crippen molar-refractivity contribution in [3.63, 3.8) is 0 Å². The second-order valence-electron chi connectivity index (χ2n) is 8.16. The molecule has 0 amide bonds. The maximum Gasteiger partial charge on any atom is 0.240 e. The molecule has 5 aromatic rings. The Morgan fingerprint density at radius 3 is 2.45 bits per heavy atom. The van der Waals surface area contributed by atoms with Crippen molar-refractivity contribution >= 4 is 11.2 Å². The van der Waals surface area contributed by atoms with E-state index in [1.807, 2.05) is 11.6 Å². The predicted octanol–water partition coefficient (Wildman–Crippen LogP) is 4.05. The number of rotatable bonds is 6. The molecule has 0 aliphatic carbocycles. The average Bonchev–Trinajstić information content (AvgIpc) is 3.42. The van der Waals surface area contributed by atoms with Crippen LogP contribution in [0.25, 0.3) is 17.0 Å². The molecule has 0 radical (unpaired) electrons. The van der Waals surface area contributed by atoms with Crippen LogP contribution in [0.5, 0.6) is 0 Å². The van der Waals surface area contributed by atoms with E-state index in [4.69, 9.17) is 10.1 Å². The molecule has 0 unspecified atom stereocenters. The topological polar surface area (TPSA) is 55.3 Å². The van der Waals surface area contributed by atoms with Crippen molar-refractivity contribution < 1.29 is 4.68 Å². The molecular formula is C25H27N6+. The number of imidazole rings is 1. The van der Waals surface area contributed by atoms with Crippen LogP contribution in [0.2, 0.25) is 0 Å². The summed E-state index contributed by atoms with van der Waals surface area (Å²) in [5, 5.41) is 4.99. The molecule has 6 heteroatoms. The molecule has 1 N–H and O–H groups in total. The van der Waals surface area contributed by atoms with Gasteiger partial charge < -0.3 is 4.98 Å². The third kappa shape index (κ3) is 3.77. The van der Waals surface area contributed by atoms with Gasteiger partial charge in [-0.3, -0.25) is 0 Å². The fraction of sp³-hybridized carbons (Fsp3) is 0.240. The Morgan fingerprint density at radius 2 is 1.68 bits per heavy atom. The zero-order valence-corrected chi connectivity index (χ0v) is 18.2. The van der Waals surface area contributed by atoms with Crippen molar-refractivity contribution in [2.45, 2.75) is 40.3 Å². The summed E-state index contributed by atoms with van der Waals surface area (Å²) in [6, 6.07) is 21.3. The number of benzene rings is 2. The van der Waals surface area contributed by atoms with Crippen LogP contribution in [0.4, 0.5) is 0 Å². The van der Waals surface area contributed by atoms with Gasteiger partial charge in [0, 0.05) is 12.5 Å². The van der Waals surface area contributed by atoms with E-state index in [0.717, 1.165) is 41.5 Å². The molecule has 0 bridgehead atoms. The second-order valence-corrected chi connectivity index (χ2v) is 8.16. The molecule has 2 aromatic carbocycles. The van der Waals surface area contributed by atoms with E-state index in [2.05, 4.69) is 95.1 Å². The molecule has 5 rings (SSSR count). The van der Waals surface area contributed by atoms with Crippen LogP contribution in [0.15, 0.2) is 66.9 Å². The largest absolute Gasteiger partial charge is 0.338 e. The number of fused-ring (bicyclic) bond motifs is 1. The van der Waals surface area contributed by atoms with Gasteiger partial charge in [0.25, 0.3) is 0 Å². The van der Waals surface area contributed by atoms with Crippen LogP contribution in [0, 0.1) is 20.8 Å². The monoisotopic (exact) mass is 411 g/mol. The van der Waals surface area contributed by atoms with Crippen LogP contribution in [-0.2, 0) is 19.5 Å². The molecule has 0 spiro atoms. The fourth-order valence-electron chi connectivity index (χ4n) is 4.04. The lowest BCUT2D eigenvalue weighted by Crippen LogP contribution is -2.43. The Morgan fingerprint density at radius 1 is 0.903 bits per heavy atom. The maximum atomic E-state index is 4.99. The number of H-pyrrole nitrogens is 1. The van der Waals surface area contributed by atoms with Gasteiger partial charge in [-0.05, 0) is 31.9 Å². The number of hydrogen-bond donors (Lipinski definition) is 1. The van der Waals surface area contributed by atoms with Crippen molar-refractivity contribution in [1.29, 1.82) is 0 Å². The van der Waals surface area contributed by atoms with Crippen molar-refractivity contribution in [3.05, 3.63) is 95.1 Å². The van der Waals surface area contributed by atoms with Gasteiger partial charge in [-0.15, -0.1) is 14.5 Å². The fourth-order valence-corrected chi connectivity index (χ4v) is 4.04. The van der Waals surface area contributed by atoms with Crippen molar-refractivity contribution in [2.75, 3.05) is 0 Å². The Kier molecular flexibility index (Phi) is 4.90. The van der Waals surface area contributed by atoms with Gasteiger partial charge in [0.2, 0.25) is 5.82 Å². The van der Waals surface area contributed by atoms with Gasteiger partial charge >= 0.3 is 0 Å². The van der Waals surface area contributed by atoms with Gasteiger partial charge in [0.1, 0.15) is 11.3 Å². The molecule has 3 heterocycles. The third-order valence-electron chi connectivity index (χ3n) is 5.69. The average molecular weight is 412 g/mol. The van der Waals surface area contributed by atoms with Crippen LogP contribution in [0.1, 0.15) is 28.2 Å². The van der Waals surface area contributed by atoms with Gasteiger partial charge in [0.05, 0.1) is 12.2 Å². The minimum Gasteiger partial charge on any atom is -0.338 e. The summed E-state index contributed by atoms with van der Waals surface area (Å²) in [7, 11) is 0. The van der Waals surface area contributed by atoms with Gasteiger partial charge in [-0.25, -0.2) is 9.67 Å². The molecule has 3 aromatic heterocycles. The number of nitrogens with one attached hydrogen (secondary N) is 1. The summed E-state index contributed by atoms with van der Waals surface area (Å²) in [4.78, 5) is 8.16. The zero-order valence-electron chi connectivity index (χ0n) is 18.2. The number of aromatic amines is 1. The first-order valence-corrected chi connectivity index (χ1v) is 10.7. The van der Waals surface area contributed by atoms with E-state index in [-0.39, 0.29) is 0 Å². The molecule has 0 saturated carbocycles. The van der Waals surface area contributed by atoms with Crippen molar-refractivity contribution in [1.82, 2.24) is 24.4 Å². The van der Waals surface area contributed by atoms with Crippen LogP contribution >= 0.6 is 0 Å². The van der Waals surface area contributed by atoms with E-state index in [0.29, 0.717) is 6.54 Å². The number of hydrogen-bond acceptors (Lipinski definition) is 2. The normalized spacial score (nSPS) is 11.5. The first-order chi connectivity index (χ1) is 15.1. The summed E-state index contributed by atoms with van der Waals surface area (Å²) in [6.07, 6.45) is 3.09. The molecule has 0 aliphatic heterocycles. The molecule has 0 saturated heterocycles. The summed E-state index contributed by atoms with van der Waals surface area (Å²) in [6.45, 7) is 7.77. The van der Waals surface area contributed by atoms with Crippen LogP contribution in [0.3, 0.4) is 0 Å². The molecule has 0 aliphatic rings. The van der Waals surface area contributed by atoms with Gasteiger partial charge in [-0.1, -0.05) is 60.2 Å². The summed E-state index contributed by atoms with van der Waals surface area (Å²) < 4.78 is 6.42. The SMILES string of the molecule is Cc1ccc(Cn2nc(-n3c(C)cc[n+]3CCc3ccccc3)c3[nH]c(C)nc32)cc1. The van der Waals surface area contributed by atoms with Crippen LogP contribution < -0.4 is 4.68 Å². The number of aryl methyl sites for hydroxylation is 5. The molecule has 0 fully saturated rings. The Bertz CT molecular complexity index is 1320. The van der Waals surface area contributed by atoms with E-state index < -0.39 is 0 Å². The highest BCUT2D eigenvalue weighted by Crippen LogP contribution is 2.21. The summed E-state index contributed by atoms with van der Waals surface area (Å²) in [5.74, 6) is 1.78. The van der Waals surface area contributed by atoms with E-state index in [1.165, 1.54) is 16.7 Å². The molecule has 6 nitrogen and oxygen atoms in total. The van der Waals surface area contributed by atoms with Crippen LogP contribution in [-0.4, -0.2) is 24.4 Å². The molecule has 31 heavy (non-hydrogen) atoms. The van der Waals surface area contributed by atoms with Crippen molar-refractivity contribution in [2.24, 2.45) is 0 Å². The van der Waals surface area contributed by atoms with E-state index >= 15 is 0 Å². The quantitative estimate of drug-likeness (QED) is 0.429. The van der Waals surface area contributed by atoms with Gasteiger partial charge in [0.15, 0.2) is 18.4 Å². The highest BCUT2D eigenvalue weighted by Gasteiger charge is 2.23. The standard InChI is InChI=1S/C25H27N6/c1-18-9-11-22(12-10-18)17-30-24-23(26-20(3)27-24)25(28-30)31-19(2)13-15-29(31)16-14-21-7-5-4-6-8-21/h4-13,15H,14,16-17H2,1-3H3,(H,26,27)/q+1. The van der Waals surface area contributed by atoms with Gasteiger partial charge in [-0.2, -0.15) is 0 Å². The highest BCUT2D eigenvalue weighted by atomic mass is 15.5.